The first-order chi connectivity index (χ1) is 9.04. The Kier molecular flexibility index (Phi) is 3.79. The Morgan fingerprint density at radius 3 is 2.58 bits per heavy atom. The van der Waals surface area contributed by atoms with Gasteiger partial charge in [-0.1, -0.05) is 0 Å². The minimum atomic E-state index is -0.479. The number of hydrogen-bond donors (Lipinski definition) is 2. The van der Waals surface area contributed by atoms with Crippen LogP contribution in [0.1, 0.15) is 19.5 Å². The zero-order chi connectivity index (χ0) is 13.8. The van der Waals surface area contributed by atoms with Crippen molar-refractivity contribution in [3.8, 4) is 5.75 Å². The molecule has 0 aliphatic rings. The van der Waals surface area contributed by atoms with Gasteiger partial charge in [-0.15, -0.1) is 0 Å². The van der Waals surface area contributed by atoms with E-state index in [2.05, 4.69) is 20.5 Å². The van der Waals surface area contributed by atoms with Crippen molar-refractivity contribution >= 4 is 11.5 Å². The van der Waals surface area contributed by atoms with E-state index in [9.17, 15) is 4.79 Å². The summed E-state index contributed by atoms with van der Waals surface area (Å²) in [4.78, 5) is 14.9. The Labute approximate surface area is 110 Å². The molecule has 2 N–H and O–H groups in total. The summed E-state index contributed by atoms with van der Waals surface area (Å²) in [6.07, 6.45) is 0.139. The summed E-state index contributed by atoms with van der Waals surface area (Å²) in [5, 5.41) is 9.17. The van der Waals surface area contributed by atoms with Crippen LogP contribution in [0.2, 0.25) is 0 Å². The van der Waals surface area contributed by atoms with E-state index in [1.165, 1.54) is 0 Å². The highest BCUT2D eigenvalue weighted by Crippen LogP contribution is 2.20. The van der Waals surface area contributed by atoms with E-state index in [0.717, 1.165) is 11.4 Å². The van der Waals surface area contributed by atoms with E-state index in [1.54, 1.807) is 6.92 Å². The third-order valence-electron chi connectivity index (χ3n) is 2.36. The first kappa shape index (κ1) is 13.1. The number of anilines is 2. The molecule has 6 heteroatoms. The van der Waals surface area contributed by atoms with Gasteiger partial charge in [-0.25, -0.2) is 9.89 Å². The fourth-order valence-corrected chi connectivity index (χ4v) is 1.54. The Morgan fingerprint density at radius 2 is 1.95 bits per heavy atom. The molecule has 6 nitrogen and oxygen atoms in total. The number of ether oxygens (including phenoxy) is 1. The third kappa shape index (κ3) is 3.54. The van der Waals surface area contributed by atoms with Gasteiger partial charge < -0.3 is 10.1 Å². The zero-order valence-corrected chi connectivity index (χ0v) is 11.1. The lowest BCUT2D eigenvalue weighted by Gasteiger charge is -2.11. The van der Waals surface area contributed by atoms with Crippen LogP contribution in [0, 0.1) is 6.92 Å². The smallest absolute Gasteiger partial charge is 0.363 e. The van der Waals surface area contributed by atoms with E-state index >= 15 is 0 Å². The Balaban J connectivity index is 2.15. The minimum Gasteiger partial charge on any atom is -0.491 e. The van der Waals surface area contributed by atoms with Crippen molar-refractivity contribution in [3.63, 3.8) is 0 Å². The molecule has 19 heavy (non-hydrogen) atoms. The molecule has 0 aliphatic heterocycles. The maximum absolute atomic E-state index is 11.1. The molecule has 0 amide bonds. The molecule has 0 fully saturated rings. The Morgan fingerprint density at radius 1 is 1.26 bits per heavy atom. The van der Waals surface area contributed by atoms with Crippen molar-refractivity contribution in [1.82, 2.24) is 15.2 Å². The van der Waals surface area contributed by atoms with Crippen LogP contribution in [0.3, 0.4) is 0 Å². The van der Waals surface area contributed by atoms with E-state index in [4.69, 9.17) is 4.74 Å². The molecule has 1 aromatic carbocycles. The molecule has 0 unspecified atom stereocenters. The second-order valence-corrected chi connectivity index (χ2v) is 4.39. The number of nitrogens with one attached hydrogen (secondary N) is 2. The van der Waals surface area contributed by atoms with Gasteiger partial charge in [-0.2, -0.15) is 10.1 Å². The highest BCUT2D eigenvalue weighted by molar-refractivity contribution is 5.58. The fraction of sp³-hybridized carbons (Fsp3) is 0.308. The van der Waals surface area contributed by atoms with Crippen LogP contribution >= 0.6 is 0 Å². The Bertz CT molecular complexity index is 605. The minimum absolute atomic E-state index is 0.139. The summed E-state index contributed by atoms with van der Waals surface area (Å²) in [6, 6.07) is 7.44. The number of hydrogen-bond acceptors (Lipinski definition) is 5. The van der Waals surface area contributed by atoms with E-state index in [0.29, 0.717) is 11.5 Å². The van der Waals surface area contributed by atoms with Crippen LogP contribution in [0.15, 0.2) is 29.1 Å². The zero-order valence-electron chi connectivity index (χ0n) is 11.1. The molecule has 1 aromatic heterocycles. The van der Waals surface area contributed by atoms with Crippen molar-refractivity contribution in [3.05, 3.63) is 40.4 Å². The molecule has 2 rings (SSSR count). The number of nitrogens with zero attached hydrogens (tertiary/aromatic N) is 2. The molecule has 0 aliphatic carbocycles. The highest BCUT2D eigenvalue weighted by Gasteiger charge is 2.03. The third-order valence-corrected chi connectivity index (χ3v) is 2.36. The standard InChI is InChI=1S/C13H16N4O2/c1-8(2)19-11-6-4-10(5-7-11)14-12-9(3)16-17-13(18)15-12/h4-8H,1-3H3,(H2,14,15,17,18). The van der Waals surface area contributed by atoms with E-state index in [1.807, 2.05) is 38.1 Å². The summed E-state index contributed by atoms with van der Waals surface area (Å²) < 4.78 is 5.55. The van der Waals surface area contributed by atoms with Crippen LogP contribution in [0.4, 0.5) is 11.5 Å². The predicted octanol–water partition coefficient (Wildman–Crippen LogP) is 2.00. The summed E-state index contributed by atoms with van der Waals surface area (Å²) >= 11 is 0. The highest BCUT2D eigenvalue weighted by atomic mass is 16.5. The van der Waals surface area contributed by atoms with Gasteiger partial charge in [0.2, 0.25) is 0 Å². The van der Waals surface area contributed by atoms with Gasteiger partial charge >= 0.3 is 5.69 Å². The summed E-state index contributed by atoms with van der Waals surface area (Å²) in [5.74, 6) is 1.25. The van der Waals surface area contributed by atoms with E-state index < -0.39 is 5.69 Å². The normalized spacial score (nSPS) is 10.5. The molecule has 1 heterocycles. The van der Waals surface area contributed by atoms with Gasteiger partial charge in [0.05, 0.1) is 6.10 Å². The van der Waals surface area contributed by atoms with Gasteiger partial charge in [-0.05, 0) is 45.0 Å². The van der Waals surface area contributed by atoms with Crippen LogP contribution in [0.5, 0.6) is 5.75 Å². The topological polar surface area (TPSA) is 79.9 Å². The number of aromatic amines is 1. The lowest BCUT2D eigenvalue weighted by atomic mass is 10.3. The van der Waals surface area contributed by atoms with Crippen LogP contribution < -0.4 is 15.7 Å². The second-order valence-electron chi connectivity index (χ2n) is 4.39. The molecule has 100 valence electrons. The van der Waals surface area contributed by atoms with Crippen LogP contribution in [0.25, 0.3) is 0 Å². The number of H-pyrrole nitrogens is 1. The predicted molar refractivity (Wildman–Crippen MR) is 72.9 cm³/mol. The molecule has 0 saturated carbocycles. The lowest BCUT2D eigenvalue weighted by Crippen LogP contribution is -2.15. The second kappa shape index (κ2) is 5.51. The average Bonchev–Trinajstić information content (AvgIpc) is 2.35. The molecule has 0 atom stereocenters. The largest absolute Gasteiger partial charge is 0.491 e. The number of rotatable bonds is 4. The molecular formula is C13H16N4O2. The summed E-state index contributed by atoms with van der Waals surface area (Å²) in [5.41, 5.74) is 0.967. The molecular weight excluding hydrogens is 244 g/mol. The molecule has 0 spiro atoms. The van der Waals surface area contributed by atoms with Crippen LogP contribution in [-0.2, 0) is 0 Å². The van der Waals surface area contributed by atoms with Gasteiger partial charge in [0.1, 0.15) is 11.4 Å². The SMILES string of the molecule is Cc1n[nH]c(=O)nc1Nc1ccc(OC(C)C)cc1. The van der Waals surface area contributed by atoms with E-state index in [-0.39, 0.29) is 6.10 Å². The quantitative estimate of drug-likeness (QED) is 0.879. The first-order valence-corrected chi connectivity index (χ1v) is 6.01. The monoisotopic (exact) mass is 260 g/mol. The van der Waals surface area contributed by atoms with Crippen molar-refractivity contribution in [2.24, 2.45) is 0 Å². The van der Waals surface area contributed by atoms with Crippen molar-refractivity contribution in [2.45, 2.75) is 26.9 Å². The van der Waals surface area contributed by atoms with Gasteiger partial charge in [0, 0.05) is 5.69 Å². The van der Waals surface area contributed by atoms with Crippen molar-refractivity contribution < 1.29 is 4.74 Å². The molecule has 0 radical (unpaired) electrons. The maximum Gasteiger partial charge on any atom is 0.363 e. The van der Waals surface area contributed by atoms with Gasteiger partial charge in [0.15, 0.2) is 5.82 Å². The lowest BCUT2D eigenvalue weighted by molar-refractivity contribution is 0.242. The Hall–Kier alpha value is -2.37. The van der Waals surface area contributed by atoms with Crippen molar-refractivity contribution in [2.75, 3.05) is 5.32 Å². The van der Waals surface area contributed by atoms with Crippen LogP contribution in [-0.4, -0.2) is 21.3 Å². The molecule has 2 aromatic rings. The molecule has 0 saturated heterocycles. The van der Waals surface area contributed by atoms with Gasteiger partial charge in [-0.3, -0.25) is 0 Å². The number of benzene rings is 1. The summed E-state index contributed by atoms with van der Waals surface area (Å²) in [7, 11) is 0. The number of aromatic nitrogens is 3. The van der Waals surface area contributed by atoms with Gasteiger partial charge in [0.25, 0.3) is 0 Å². The molecule has 0 bridgehead atoms. The maximum atomic E-state index is 11.1. The number of aryl methyl sites for hydroxylation is 1. The van der Waals surface area contributed by atoms with Crippen molar-refractivity contribution in [1.29, 1.82) is 0 Å². The summed E-state index contributed by atoms with van der Waals surface area (Å²) in [6.45, 7) is 5.71. The average molecular weight is 260 g/mol. The first-order valence-electron chi connectivity index (χ1n) is 6.01. The fourth-order valence-electron chi connectivity index (χ4n) is 1.54.